The Labute approximate surface area is 197 Å². The van der Waals surface area contributed by atoms with E-state index in [0.29, 0.717) is 25.1 Å². The van der Waals surface area contributed by atoms with E-state index < -0.39 is 5.60 Å². The standard InChI is InChI=1S/C25H29N5O2S/c1-25(2,3)32-24(31)30-13-10-17(11-14-30)16-4-6-19(7-5-16)27-23-28-20-12-15-33-21(20)22(29-23)26-18-8-9-18/h4-7,10,12,15,18H,8-9,11,13-14H2,1-3H3,(H2,26,27,28,29). The molecule has 0 bridgehead atoms. The molecule has 0 unspecified atom stereocenters. The fraction of sp³-hybridized carbons (Fsp3) is 0.400. The van der Waals surface area contributed by atoms with Crippen LogP contribution in [0.5, 0.6) is 0 Å². The number of hydrogen-bond donors (Lipinski definition) is 2. The van der Waals surface area contributed by atoms with Crippen molar-refractivity contribution in [3.8, 4) is 0 Å². The third kappa shape index (κ3) is 5.27. The molecular formula is C25H29N5O2S. The van der Waals surface area contributed by atoms with E-state index in [-0.39, 0.29) is 6.09 Å². The average molecular weight is 464 g/mol. The van der Waals surface area contributed by atoms with Crippen LogP contribution in [0.4, 0.5) is 22.2 Å². The number of nitrogens with one attached hydrogen (secondary N) is 2. The molecule has 33 heavy (non-hydrogen) atoms. The molecule has 0 spiro atoms. The maximum atomic E-state index is 12.3. The van der Waals surface area contributed by atoms with Gasteiger partial charge in [0.1, 0.15) is 11.4 Å². The van der Waals surface area contributed by atoms with Gasteiger partial charge in [-0.2, -0.15) is 4.98 Å². The molecule has 1 amide bonds. The molecule has 0 atom stereocenters. The molecular weight excluding hydrogens is 434 g/mol. The first-order chi connectivity index (χ1) is 15.8. The number of benzene rings is 1. The van der Waals surface area contributed by atoms with Crippen molar-refractivity contribution in [2.45, 2.75) is 51.7 Å². The van der Waals surface area contributed by atoms with Crippen molar-refractivity contribution in [2.24, 2.45) is 0 Å². The number of nitrogens with zero attached hydrogens (tertiary/aromatic N) is 3. The Morgan fingerprint density at radius 3 is 2.61 bits per heavy atom. The normalized spacial score (nSPS) is 16.5. The summed E-state index contributed by atoms with van der Waals surface area (Å²) in [5.41, 5.74) is 3.83. The summed E-state index contributed by atoms with van der Waals surface area (Å²) in [6, 6.07) is 10.9. The summed E-state index contributed by atoms with van der Waals surface area (Å²) < 4.78 is 6.58. The number of amides is 1. The molecule has 2 aliphatic rings. The molecule has 3 aromatic rings. The summed E-state index contributed by atoms with van der Waals surface area (Å²) in [6.45, 7) is 6.89. The van der Waals surface area contributed by atoms with Crippen molar-refractivity contribution in [1.29, 1.82) is 0 Å². The van der Waals surface area contributed by atoms with Crippen molar-refractivity contribution in [2.75, 3.05) is 23.7 Å². The Balaban J connectivity index is 1.25. The highest BCUT2D eigenvalue weighted by Gasteiger charge is 2.24. The van der Waals surface area contributed by atoms with Crippen molar-refractivity contribution < 1.29 is 9.53 Å². The van der Waals surface area contributed by atoms with E-state index in [1.165, 1.54) is 18.4 Å². The monoisotopic (exact) mass is 463 g/mol. The minimum atomic E-state index is -0.476. The third-order valence-electron chi connectivity index (χ3n) is 5.59. The maximum Gasteiger partial charge on any atom is 0.410 e. The number of anilines is 3. The van der Waals surface area contributed by atoms with Crippen LogP contribution >= 0.6 is 11.3 Å². The summed E-state index contributed by atoms with van der Waals surface area (Å²) in [4.78, 5) is 23.4. The van der Waals surface area contributed by atoms with E-state index in [0.717, 1.165) is 33.7 Å². The second-order valence-corrected chi connectivity index (χ2v) is 10.5. The fourth-order valence-corrected chi connectivity index (χ4v) is 4.54. The van der Waals surface area contributed by atoms with Crippen molar-refractivity contribution in [3.05, 3.63) is 47.4 Å². The number of ether oxygens (including phenoxy) is 1. The van der Waals surface area contributed by atoms with Crippen molar-refractivity contribution in [3.63, 3.8) is 0 Å². The van der Waals surface area contributed by atoms with Crippen LogP contribution in [0.3, 0.4) is 0 Å². The van der Waals surface area contributed by atoms with Crippen molar-refractivity contribution in [1.82, 2.24) is 14.9 Å². The van der Waals surface area contributed by atoms with Crippen LogP contribution in [0.25, 0.3) is 15.8 Å². The van der Waals surface area contributed by atoms with Gasteiger partial charge in [0.25, 0.3) is 0 Å². The molecule has 1 saturated carbocycles. The van der Waals surface area contributed by atoms with Gasteiger partial charge >= 0.3 is 6.09 Å². The molecule has 2 N–H and O–H groups in total. The first kappa shape index (κ1) is 21.7. The SMILES string of the molecule is CC(C)(C)OC(=O)N1CC=C(c2ccc(Nc3nc(NC4CC4)c4sccc4n3)cc2)CC1. The quantitative estimate of drug-likeness (QED) is 0.481. The number of hydrogen-bond acceptors (Lipinski definition) is 7. The van der Waals surface area contributed by atoms with Gasteiger partial charge < -0.3 is 20.3 Å². The predicted molar refractivity (Wildman–Crippen MR) is 134 cm³/mol. The smallest absolute Gasteiger partial charge is 0.410 e. The van der Waals surface area contributed by atoms with Crippen LogP contribution in [-0.4, -0.2) is 45.7 Å². The summed E-state index contributed by atoms with van der Waals surface area (Å²) >= 11 is 1.67. The van der Waals surface area contributed by atoms with E-state index in [4.69, 9.17) is 9.72 Å². The molecule has 0 radical (unpaired) electrons. The zero-order chi connectivity index (χ0) is 23.0. The molecule has 1 aliphatic carbocycles. The average Bonchev–Trinajstić information content (AvgIpc) is 3.46. The van der Waals surface area contributed by atoms with E-state index in [1.807, 2.05) is 39.0 Å². The van der Waals surface area contributed by atoms with Gasteiger partial charge in [-0.15, -0.1) is 11.3 Å². The van der Waals surface area contributed by atoms with Gasteiger partial charge in [-0.25, -0.2) is 9.78 Å². The largest absolute Gasteiger partial charge is 0.444 e. The lowest BCUT2D eigenvalue weighted by Crippen LogP contribution is -2.39. The molecule has 7 nitrogen and oxygen atoms in total. The Hall–Kier alpha value is -3.13. The Kier molecular flexibility index (Phi) is 5.70. The minimum Gasteiger partial charge on any atom is -0.444 e. The van der Waals surface area contributed by atoms with Gasteiger partial charge in [-0.3, -0.25) is 0 Å². The van der Waals surface area contributed by atoms with Gasteiger partial charge in [-0.05, 0) is 74.7 Å². The number of fused-ring (bicyclic) bond motifs is 1. The molecule has 2 aromatic heterocycles. The summed E-state index contributed by atoms with van der Waals surface area (Å²) in [5.74, 6) is 1.51. The first-order valence-corrected chi connectivity index (χ1v) is 12.3. The summed E-state index contributed by atoms with van der Waals surface area (Å²) in [6.07, 6.45) is 5.06. The lowest BCUT2D eigenvalue weighted by Gasteiger charge is -2.29. The molecule has 1 aliphatic heterocycles. The van der Waals surface area contributed by atoms with Gasteiger partial charge in [0.15, 0.2) is 0 Å². The van der Waals surface area contributed by atoms with Crippen LogP contribution in [-0.2, 0) is 4.74 Å². The highest BCUT2D eigenvalue weighted by Crippen LogP contribution is 2.32. The van der Waals surface area contributed by atoms with Crippen LogP contribution < -0.4 is 10.6 Å². The first-order valence-electron chi connectivity index (χ1n) is 11.4. The van der Waals surface area contributed by atoms with Gasteiger partial charge in [0.05, 0.1) is 10.2 Å². The van der Waals surface area contributed by atoms with E-state index in [1.54, 1.807) is 16.2 Å². The lowest BCUT2D eigenvalue weighted by molar-refractivity contribution is 0.0270. The van der Waals surface area contributed by atoms with Crippen LogP contribution in [0.15, 0.2) is 41.8 Å². The molecule has 1 aromatic carbocycles. The number of carbonyl (C=O) groups excluding carboxylic acids is 1. The topological polar surface area (TPSA) is 79.4 Å². The molecule has 8 heteroatoms. The highest BCUT2D eigenvalue weighted by molar-refractivity contribution is 7.17. The van der Waals surface area contributed by atoms with Gasteiger partial charge in [0.2, 0.25) is 5.95 Å². The molecule has 0 saturated heterocycles. The number of thiophene rings is 1. The summed E-state index contributed by atoms with van der Waals surface area (Å²) in [5, 5.41) is 8.92. The maximum absolute atomic E-state index is 12.3. The Morgan fingerprint density at radius 2 is 1.94 bits per heavy atom. The van der Waals surface area contributed by atoms with Crippen LogP contribution in [0, 0.1) is 0 Å². The van der Waals surface area contributed by atoms with Crippen LogP contribution in [0.1, 0.15) is 45.6 Å². The lowest BCUT2D eigenvalue weighted by atomic mass is 9.99. The number of carbonyl (C=O) groups is 1. The molecule has 1 fully saturated rings. The molecule has 3 heterocycles. The Bertz CT molecular complexity index is 1190. The predicted octanol–water partition coefficient (Wildman–Crippen LogP) is 6.03. The summed E-state index contributed by atoms with van der Waals surface area (Å²) in [7, 11) is 0. The van der Waals surface area contributed by atoms with Crippen molar-refractivity contribution >= 4 is 50.7 Å². The van der Waals surface area contributed by atoms with Crippen LogP contribution in [0.2, 0.25) is 0 Å². The number of rotatable bonds is 5. The second-order valence-electron chi connectivity index (χ2n) is 9.56. The zero-order valence-electron chi connectivity index (χ0n) is 19.2. The number of aromatic nitrogens is 2. The Morgan fingerprint density at radius 1 is 1.15 bits per heavy atom. The highest BCUT2D eigenvalue weighted by atomic mass is 32.1. The second kappa shape index (κ2) is 8.67. The minimum absolute atomic E-state index is 0.254. The molecule has 5 rings (SSSR count). The fourth-order valence-electron chi connectivity index (χ4n) is 3.76. The van der Waals surface area contributed by atoms with Gasteiger partial charge in [-0.1, -0.05) is 18.2 Å². The van der Waals surface area contributed by atoms with Gasteiger partial charge in [0, 0.05) is 24.8 Å². The van der Waals surface area contributed by atoms with E-state index in [2.05, 4.69) is 39.2 Å². The molecule has 172 valence electrons. The third-order valence-corrected chi connectivity index (χ3v) is 6.50. The van der Waals surface area contributed by atoms with E-state index >= 15 is 0 Å². The zero-order valence-corrected chi connectivity index (χ0v) is 20.0. The van der Waals surface area contributed by atoms with E-state index in [9.17, 15) is 4.79 Å².